The number of hydrogen-bond donors (Lipinski definition) is 2. The van der Waals surface area contributed by atoms with Crippen LogP contribution < -0.4 is 5.56 Å². The number of carbonyl (C=O) groups is 2. The van der Waals surface area contributed by atoms with E-state index >= 15 is 0 Å². The molecule has 3 rings (SSSR count). The van der Waals surface area contributed by atoms with Gasteiger partial charge in [-0.2, -0.15) is 0 Å². The molecular formula is C14H14N2O5S. The first-order valence-corrected chi connectivity index (χ1v) is 7.69. The Bertz CT molecular complexity index is 851. The smallest absolute Gasteiger partial charge is 0.311 e. The predicted octanol–water partition coefficient (Wildman–Crippen LogP) is 1.36. The van der Waals surface area contributed by atoms with Crippen molar-refractivity contribution in [1.82, 2.24) is 9.55 Å². The molecule has 1 aliphatic rings. The van der Waals surface area contributed by atoms with Crippen LogP contribution in [0, 0.1) is 6.92 Å². The van der Waals surface area contributed by atoms with E-state index in [-0.39, 0.29) is 18.5 Å². The van der Waals surface area contributed by atoms with Gasteiger partial charge in [0.2, 0.25) is 0 Å². The number of carboxylic acid groups (broad SMARTS) is 2. The first-order valence-electron chi connectivity index (χ1n) is 6.87. The van der Waals surface area contributed by atoms with E-state index in [1.54, 1.807) is 6.92 Å². The molecule has 2 N–H and O–H groups in total. The Morgan fingerprint density at radius 2 is 2.14 bits per heavy atom. The van der Waals surface area contributed by atoms with Crippen LogP contribution >= 0.6 is 11.3 Å². The first kappa shape index (κ1) is 14.7. The Balaban J connectivity index is 2.21. The Kier molecular flexibility index (Phi) is 3.48. The van der Waals surface area contributed by atoms with Gasteiger partial charge in [-0.1, -0.05) is 0 Å². The van der Waals surface area contributed by atoms with Crippen molar-refractivity contribution in [3.63, 3.8) is 0 Å². The van der Waals surface area contributed by atoms with E-state index in [2.05, 4.69) is 4.98 Å². The van der Waals surface area contributed by atoms with E-state index in [9.17, 15) is 19.5 Å². The van der Waals surface area contributed by atoms with E-state index in [1.165, 1.54) is 15.9 Å². The van der Waals surface area contributed by atoms with E-state index < -0.39 is 17.9 Å². The van der Waals surface area contributed by atoms with Gasteiger partial charge in [0.1, 0.15) is 10.7 Å². The zero-order chi connectivity index (χ0) is 16.0. The zero-order valence-electron chi connectivity index (χ0n) is 11.8. The third kappa shape index (κ3) is 2.19. The van der Waals surface area contributed by atoms with Gasteiger partial charge >= 0.3 is 11.9 Å². The van der Waals surface area contributed by atoms with Crippen molar-refractivity contribution in [1.29, 1.82) is 0 Å². The van der Waals surface area contributed by atoms with Gasteiger partial charge in [-0.25, -0.2) is 4.98 Å². The highest BCUT2D eigenvalue weighted by Crippen LogP contribution is 2.42. The lowest BCUT2D eigenvalue weighted by Crippen LogP contribution is -2.25. The van der Waals surface area contributed by atoms with Crippen LogP contribution in [0.25, 0.3) is 10.2 Å². The minimum absolute atomic E-state index is 0.0330. The summed E-state index contributed by atoms with van der Waals surface area (Å²) in [5.41, 5.74) is 0.239. The number of aromatic nitrogens is 2. The molecule has 2 aromatic heterocycles. The number of fused-ring (bicyclic) bond motifs is 3. The molecule has 0 bridgehead atoms. The van der Waals surface area contributed by atoms with Crippen LogP contribution in [0.3, 0.4) is 0 Å². The monoisotopic (exact) mass is 322 g/mol. The van der Waals surface area contributed by atoms with Crippen molar-refractivity contribution < 1.29 is 19.8 Å². The highest BCUT2D eigenvalue weighted by molar-refractivity contribution is 7.18. The summed E-state index contributed by atoms with van der Waals surface area (Å²) in [6.07, 6.45) is 0.957. The Hall–Kier alpha value is -2.22. The molecule has 0 aromatic carbocycles. The van der Waals surface area contributed by atoms with Gasteiger partial charge in [0.25, 0.3) is 5.56 Å². The highest BCUT2D eigenvalue weighted by atomic mass is 32.1. The number of rotatable bonds is 4. The minimum Gasteiger partial charge on any atom is -0.481 e. The van der Waals surface area contributed by atoms with Crippen molar-refractivity contribution in [2.75, 3.05) is 0 Å². The summed E-state index contributed by atoms with van der Waals surface area (Å²) in [5, 5.41) is 18.5. The molecule has 116 valence electrons. The number of nitrogens with zero attached hydrogens (tertiary/aromatic N) is 2. The van der Waals surface area contributed by atoms with Gasteiger partial charge in [0, 0.05) is 11.4 Å². The maximum absolute atomic E-state index is 12.7. The molecule has 0 amide bonds. The molecule has 1 atom stereocenters. The molecule has 7 nitrogen and oxygen atoms in total. The zero-order valence-corrected chi connectivity index (χ0v) is 12.6. The number of carboxylic acids is 2. The molecular weight excluding hydrogens is 308 g/mol. The molecule has 1 aliphatic carbocycles. The fraction of sp³-hybridized carbons (Fsp3) is 0.429. The number of hydrogen-bond acceptors (Lipinski definition) is 5. The Labute approximate surface area is 128 Å². The average Bonchev–Trinajstić information content (AvgIpc) is 2.95. The normalized spacial score (nSPS) is 16.9. The predicted molar refractivity (Wildman–Crippen MR) is 79.6 cm³/mol. The molecule has 0 aliphatic heterocycles. The van der Waals surface area contributed by atoms with Crippen LogP contribution in [0.2, 0.25) is 0 Å². The first-order chi connectivity index (χ1) is 10.4. The number of aliphatic carboxylic acids is 2. The summed E-state index contributed by atoms with van der Waals surface area (Å²) in [7, 11) is 0. The van der Waals surface area contributed by atoms with Gasteiger partial charge in [0.15, 0.2) is 0 Å². The summed E-state index contributed by atoms with van der Waals surface area (Å²) < 4.78 is 1.32. The fourth-order valence-electron chi connectivity index (χ4n) is 2.94. The second-order valence-corrected chi connectivity index (χ2v) is 6.39. The molecule has 2 aromatic rings. The van der Waals surface area contributed by atoms with Crippen LogP contribution in [0.15, 0.2) is 4.79 Å². The van der Waals surface area contributed by atoms with Crippen LogP contribution in [0.1, 0.15) is 35.0 Å². The minimum atomic E-state index is -0.995. The van der Waals surface area contributed by atoms with Gasteiger partial charge in [0.05, 0.1) is 17.7 Å². The Morgan fingerprint density at radius 3 is 2.77 bits per heavy atom. The summed E-state index contributed by atoms with van der Waals surface area (Å²) in [4.78, 5) is 40.6. The molecule has 22 heavy (non-hydrogen) atoms. The van der Waals surface area contributed by atoms with Crippen molar-refractivity contribution in [2.45, 2.75) is 38.6 Å². The van der Waals surface area contributed by atoms with E-state index in [4.69, 9.17) is 5.11 Å². The molecule has 0 fully saturated rings. The lowest BCUT2D eigenvalue weighted by Gasteiger charge is -2.10. The maximum atomic E-state index is 12.7. The lowest BCUT2D eigenvalue weighted by molar-refractivity contribution is -0.139. The quantitative estimate of drug-likeness (QED) is 0.879. The van der Waals surface area contributed by atoms with E-state index in [1.807, 2.05) is 0 Å². The van der Waals surface area contributed by atoms with Gasteiger partial charge in [-0.3, -0.25) is 19.0 Å². The number of aryl methyl sites for hydroxylation is 2. The van der Waals surface area contributed by atoms with E-state index in [0.717, 1.165) is 4.88 Å². The fourth-order valence-corrected chi connectivity index (χ4v) is 4.23. The number of thiophene rings is 1. The lowest BCUT2D eigenvalue weighted by atomic mass is 10.0. The average molecular weight is 322 g/mol. The van der Waals surface area contributed by atoms with Crippen LogP contribution in [-0.4, -0.2) is 31.7 Å². The molecule has 0 spiro atoms. The molecule has 2 heterocycles. The second-order valence-electron chi connectivity index (χ2n) is 5.31. The van der Waals surface area contributed by atoms with Gasteiger partial charge in [-0.15, -0.1) is 11.3 Å². The van der Waals surface area contributed by atoms with Crippen molar-refractivity contribution in [2.24, 2.45) is 0 Å². The summed E-state index contributed by atoms with van der Waals surface area (Å²) in [5.74, 6) is -2.15. The van der Waals surface area contributed by atoms with E-state index in [0.29, 0.717) is 34.4 Å². The standard InChI is InChI=1S/C14H14N2O5S/c1-6-15-12-11(13(19)16(6)5-4-9(17)18)10-7(14(20)21)2-3-8(10)22-12/h7H,2-5H2,1H3,(H,17,18)(H,20,21). The largest absolute Gasteiger partial charge is 0.481 e. The van der Waals surface area contributed by atoms with Gasteiger partial charge in [-0.05, 0) is 25.3 Å². The third-order valence-corrected chi connectivity index (χ3v) is 5.13. The molecule has 0 saturated carbocycles. The van der Waals surface area contributed by atoms with Crippen LogP contribution in [0.4, 0.5) is 0 Å². The molecule has 0 radical (unpaired) electrons. The molecule has 1 unspecified atom stereocenters. The van der Waals surface area contributed by atoms with Crippen molar-refractivity contribution >= 4 is 33.5 Å². The molecule has 0 saturated heterocycles. The Morgan fingerprint density at radius 1 is 1.41 bits per heavy atom. The van der Waals surface area contributed by atoms with Gasteiger partial charge < -0.3 is 10.2 Å². The summed E-state index contributed by atoms with van der Waals surface area (Å²) >= 11 is 1.36. The molecule has 8 heteroatoms. The van der Waals surface area contributed by atoms with Crippen LogP contribution in [0.5, 0.6) is 0 Å². The van der Waals surface area contributed by atoms with Crippen LogP contribution in [-0.2, 0) is 22.6 Å². The summed E-state index contributed by atoms with van der Waals surface area (Å²) in [6.45, 7) is 1.69. The highest BCUT2D eigenvalue weighted by Gasteiger charge is 2.34. The van der Waals surface area contributed by atoms with Crippen molar-refractivity contribution in [3.8, 4) is 0 Å². The third-order valence-electron chi connectivity index (χ3n) is 3.97. The SMILES string of the molecule is Cc1nc2sc3c(c2c(=O)n1CCC(=O)O)C(C(=O)O)CC3. The summed E-state index contributed by atoms with van der Waals surface area (Å²) in [6, 6.07) is 0. The maximum Gasteiger partial charge on any atom is 0.311 e. The topological polar surface area (TPSA) is 109 Å². The van der Waals surface area contributed by atoms with Crippen molar-refractivity contribution in [3.05, 3.63) is 26.6 Å². The second kappa shape index (κ2) is 5.20.